The molecule has 112 valence electrons. The fourth-order valence-electron chi connectivity index (χ4n) is 1.31. The molecule has 1 rings (SSSR count). The predicted molar refractivity (Wildman–Crippen MR) is 72.8 cm³/mol. The number of amides is 1. The largest absolute Gasteiger partial charge is 0.497 e. The van der Waals surface area contributed by atoms with E-state index in [9.17, 15) is 13.2 Å². The Balaban J connectivity index is 3.05. The van der Waals surface area contributed by atoms with E-state index in [4.69, 9.17) is 9.47 Å². The van der Waals surface area contributed by atoms with Crippen LogP contribution >= 0.6 is 0 Å². The minimum Gasteiger partial charge on any atom is -0.497 e. The average Bonchev–Trinajstić information content (AvgIpc) is 2.43. The van der Waals surface area contributed by atoms with Gasteiger partial charge in [0, 0.05) is 12.0 Å². The molecule has 0 aliphatic heterocycles. The lowest BCUT2D eigenvalue weighted by atomic mass is 10.2. The average molecular weight is 302 g/mol. The molecule has 0 aromatic heterocycles. The van der Waals surface area contributed by atoms with Crippen LogP contribution in [-0.4, -0.2) is 28.5 Å². The summed E-state index contributed by atoms with van der Waals surface area (Å²) < 4.78 is 34.3. The van der Waals surface area contributed by atoms with Crippen LogP contribution < -0.4 is 19.7 Å². The van der Waals surface area contributed by atoms with Crippen LogP contribution in [0, 0.1) is 5.92 Å². The standard InChI is InChI=1S/C12H18N2O5S/c1-8(2)12(15)13-14-20(16,17)11-7-9(18-3)5-6-10(11)19-4/h5-8,14H,1-4H3,(H,13,15). The normalized spacial score (nSPS) is 11.2. The number of benzene rings is 1. The van der Waals surface area contributed by atoms with Crippen molar-refractivity contribution in [1.29, 1.82) is 0 Å². The molecule has 0 saturated carbocycles. The molecule has 0 radical (unpaired) electrons. The van der Waals surface area contributed by atoms with Crippen molar-refractivity contribution in [1.82, 2.24) is 10.3 Å². The molecular formula is C12H18N2O5S. The molecule has 7 nitrogen and oxygen atoms in total. The van der Waals surface area contributed by atoms with Gasteiger partial charge in [-0.25, -0.2) is 8.42 Å². The third kappa shape index (κ3) is 3.84. The van der Waals surface area contributed by atoms with Crippen molar-refractivity contribution < 1.29 is 22.7 Å². The molecule has 0 heterocycles. The Hall–Kier alpha value is -1.80. The van der Waals surface area contributed by atoms with Crippen LogP contribution in [0.15, 0.2) is 23.1 Å². The second-order valence-electron chi connectivity index (χ2n) is 4.27. The first-order valence-corrected chi connectivity index (χ1v) is 7.34. The van der Waals surface area contributed by atoms with Gasteiger partial charge >= 0.3 is 0 Å². The lowest BCUT2D eigenvalue weighted by Crippen LogP contribution is -2.43. The first-order valence-electron chi connectivity index (χ1n) is 5.85. The quantitative estimate of drug-likeness (QED) is 0.753. The summed E-state index contributed by atoms with van der Waals surface area (Å²) in [6, 6.07) is 4.35. The Labute approximate surface area is 118 Å². The van der Waals surface area contributed by atoms with Crippen LogP contribution in [0.5, 0.6) is 11.5 Å². The van der Waals surface area contributed by atoms with E-state index in [-0.39, 0.29) is 16.6 Å². The maximum absolute atomic E-state index is 12.1. The zero-order chi connectivity index (χ0) is 15.3. The lowest BCUT2D eigenvalue weighted by molar-refractivity contribution is -0.124. The Kier molecular flexibility index (Phi) is 5.34. The van der Waals surface area contributed by atoms with Gasteiger partial charge in [0.15, 0.2) is 0 Å². The highest BCUT2D eigenvalue weighted by atomic mass is 32.2. The van der Waals surface area contributed by atoms with E-state index in [0.717, 1.165) is 0 Å². The maximum Gasteiger partial charge on any atom is 0.261 e. The van der Waals surface area contributed by atoms with Gasteiger partial charge in [0.2, 0.25) is 5.91 Å². The summed E-state index contributed by atoms with van der Waals surface area (Å²) in [5.41, 5.74) is 2.14. The Morgan fingerprint density at radius 1 is 1.20 bits per heavy atom. The molecule has 0 fully saturated rings. The number of hydrazine groups is 1. The van der Waals surface area contributed by atoms with Crippen molar-refractivity contribution in [3.8, 4) is 11.5 Å². The zero-order valence-electron chi connectivity index (χ0n) is 11.8. The minimum atomic E-state index is -3.95. The van der Waals surface area contributed by atoms with Crippen molar-refractivity contribution in [2.45, 2.75) is 18.7 Å². The fraction of sp³-hybridized carbons (Fsp3) is 0.417. The van der Waals surface area contributed by atoms with E-state index in [0.29, 0.717) is 5.75 Å². The van der Waals surface area contributed by atoms with E-state index in [1.165, 1.54) is 26.4 Å². The molecule has 0 atom stereocenters. The molecule has 2 N–H and O–H groups in total. The zero-order valence-corrected chi connectivity index (χ0v) is 12.6. The molecule has 1 amide bonds. The van der Waals surface area contributed by atoms with Crippen molar-refractivity contribution >= 4 is 15.9 Å². The first kappa shape index (κ1) is 16.3. The van der Waals surface area contributed by atoms with Crippen LogP contribution in [0.2, 0.25) is 0 Å². The summed E-state index contributed by atoms with van der Waals surface area (Å²) in [6.45, 7) is 3.30. The molecule has 0 aliphatic carbocycles. The first-order chi connectivity index (χ1) is 9.31. The van der Waals surface area contributed by atoms with Gasteiger partial charge < -0.3 is 9.47 Å². The molecule has 0 unspecified atom stereocenters. The van der Waals surface area contributed by atoms with E-state index in [2.05, 4.69) is 5.43 Å². The Morgan fingerprint density at radius 2 is 1.85 bits per heavy atom. The molecule has 0 bridgehead atoms. The minimum absolute atomic E-state index is 0.122. The summed E-state index contributed by atoms with van der Waals surface area (Å²) in [5.74, 6) is -0.265. The van der Waals surface area contributed by atoms with Crippen LogP contribution in [0.4, 0.5) is 0 Å². The lowest BCUT2D eigenvalue weighted by Gasteiger charge is -2.13. The number of carbonyl (C=O) groups excluding carboxylic acids is 1. The smallest absolute Gasteiger partial charge is 0.261 e. The molecule has 1 aromatic rings. The van der Waals surface area contributed by atoms with Gasteiger partial charge in [0.05, 0.1) is 14.2 Å². The summed E-state index contributed by atoms with van der Waals surface area (Å²) >= 11 is 0. The summed E-state index contributed by atoms with van der Waals surface area (Å²) in [4.78, 5) is 13.3. The van der Waals surface area contributed by atoms with Gasteiger partial charge in [0.25, 0.3) is 10.0 Å². The molecule has 0 aliphatic rings. The van der Waals surface area contributed by atoms with Gasteiger partial charge in [-0.2, -0.15) is 0 Å². The number of carbonyl (C=O) groups is 1. The third-order valence-electron chi connectivity index (χ3n) is 2.49. The van der Waals surface area contributed by atoms with Crippen LogP contribution in [0.25, 0.3) is 0 Å². The second-order valence-corrected chi connectivity index (χ2v) is 5.92. The molecular weight excluding hydrogens is 284 g/mol. The highest BCUT2D eigenvalue weighted by Gasteiger charge is 2.21. The van der Waals surface area contributed by atoms with Crippen molar-refractivity contribution in [3.63, 3.8) is 0 Å². The van der Waals surface area contributed by atoms with Crippen molar-refractivity contribution in [3.05, 3.63) is 18.2 Å². The molecule has 0 spiro atoms. The van der Waals surface area contributed by atoms with Gasteiger partial charge in [-0.1, -0.05) is 13.8 Å². The van der Waals surface area contributed by atoms with Crippen LogP contribution in [0.3, 0.4) is 0 Å². The van der Waals surface area contributed by atoms with E-state index >= 15 is 0 Å². The maximum atomic E-state index is 12.1. The Bertz CT molecular complexity index is 584. The second kappa shape index (κ2) is 6.58. The summed E-state index contributed by atoms with van der Waals surface area (Å²) in [7, 11) is -1.17. The highest BCUT2D eigenvalue weighted by molar-refractivity contribution is 7.89. The van der Waals surface area contributed by atoms with Gasteiger partial charge in [-0.05, 0) is 12.1 Å². The molecule has 0 saturated heterocycles. The molecule has 1 aromatic carbocycles. The van der Waals surface area contributed by atoms with E-state index in [1.807, 2.05) is 4.83 Å². The van der Waals surface area contributed by atoms with Gasteiger partial charge in [-0.3, -0.25) is 10.2 Å². The molecule has 20 heavy (non-hydrogen) atoms. The summed E-state index contributed by atoms with van der Waals surface area (Å²) in [5, 5.41) is 0. The number of hydrogen-bond donors (Lipinski definition) is 2. The number of sulfonamides is 1. The topological polar surface area (TPSA) is 93.7 Å². The van der Waals surface area contributed by atoms with Gasteiger partial charge in [-0.15, -0.1) is 4.83 Å². The number of nitrogens with one attached hydrogen (secondary N) is 2. The number of methoxy groups -OCH3 is 2. The molecule has 8 heteroatoms. The predicted octanol–water partition coefficient (Wildman–Crippen LogP) is 0.669. The number of hydrogen-bond acceptors (Lipinski definition) is 5. The fourth-order valence-corrected chi connectivity index (χ4v) is 2.34. The summed E-state index contributed by atoms with van der Waals surface area (Å²) in [6.07, 6.45) is 0. The van der Waals surface area contributed by atoms with Crippen LogP contribution in [0.1, 0.15) is 13.8 Å². The third-order valence-corrected chi connectivity index (χ3v) is 3.76. The number of rotatable bonds is 6. The van der Waals surface area contributed by atoms with Gasteiger partial charge in [0.1, 0.15) is 16.4 Å². The highest BCUT2D eigenvalue weighted by Crippen LogP contribution is 2.27. The SMILES string of the molecule is COc1ccc(OC)c(S(=O)(=O)NNC(=O)C(C)C)c1. The van der Waals surface area contributed by atoms with E-state index < -0.39 is 15.9 Å². The Morgan fingerprint density at radius 3 is 2.35 bits per heavy atom. The van der Waals surface area contributed by atoms with Crippen LogP contribution in [-0.2, 0) is 14.8 Å². The number of ether oxygens (including phenoxy) is 2. The van der Waals surface area contributed by atoms with Crippen molar-refractivity contribution in [2.75, 3.05) is 14.2 Å². The van der Waals surface area contributed by atoms with E-state index in [1.54, 1.807) is 19.9 Å². The van der Waals surface area contributed by atoms with Crippen molar-refractivity contribution in [2.24, 2.45) is 5.92 Å². The monoisotopic (exact) mass is 302 g/mol.